The van der Waals surface area contributed by atoms with Gasteiger partial charge < -0.3 is 5.11 Å². The first-order chi connectivity index (χ1) is 17.6. The van der Waals surface area contributed by atoms with Gasteiger partial charge in [-0.25, -0.2) is 19.3 Å². The molecule has 3 heterocycles. The van der Waals surface area contributed by atoms with Crippen molar-refractivity contribution in [1.29, 1.82) is 0 Å². The highest BCUT2D eigenvalue weighted by atomic mass is 16.3. The van der Waals surface area contributed by atoms with E-state index < -0.39 is 17.1 Å². The van der Waals surface area contributed by atoms with Crippen molar-refractivity contribution in [3.63, 3.8) is 0 Å². The van der Waals surface area contributed by atoms with Gasteiger partial charge in [-0.1, -0.05) is 44.6 Å². The third-order valence-corrected chi connectivity index (χ3v) is 7.11. The van der Waals surface area contributed by atoms with Gasteiger partial charge in [0.25, 0.3) is 11.2 Å². The van der Waals surface area contributed by atoms with Gasteiger partial charge in [-0.15, -0.1) is 10.2 Å². The van der Waals surface area contributed by atoms with Crippen molar-refractivity contribution in [2.75, 3.05) is 0 Å². The summed E-state index contributed by atoms with van der Waals surface area (Å²) < 4.78 is 3.97. The number of aromatic nitrogens is 5. The largest absolute Gasteiger partial charge is 0.493 e. The van der Waals surface area contributed by atoms with Crippen LogP contribution < -0.4 is 11.2 Å². The minimum Gasteiger partial charge on any atom is -0.493 e. The maximum absolute atomic E-state index is 13.6. The van der Waals surface area contributed by atoms with Gasteiger partial charge in [-0.2, -0.15) is 5.10 Å². The highest BCUT2D eigenvalue weighted by molar-refractivity contribution is 5.63. The van der Waals surface area contributed by atoms with Crippen molar-refractivity contribution in [2.24, 2.45) is 10.2 Å². The summed E-state index contributed by atoms with van der Waals surface area (Å²) >= 11 is 0. The molecule has 2 fully saturated rings. The Labute approximate surface area is 207 Å². The number of hydrogen-bond donors (Lipinski definition) is 1. The predicted molar refractivity (Wildman–Crippen MR) is 133 cm³/mol. The van der Waals surface area contributed by atoms with Gasteiger partial charge in [0.15, 0.2) is 11.6 Å². The molecule has 0 bridgehead atoms. The van der Waals surface area contributed by atoms with E-state index in [0.29, 0.717) is 5.82 Å². The Kier molecular flexibility index (Phi) is 6.75. The summed E-state index contributed by atoms with van der Waals surface area (Å²) in [4.78, 5) is 34.8. The number of aromatic hydroxyl groups is 1. The lowest BCUT2D eigenvalue weighted by molar-refractivity contribution is 0.272. The number of azo groups is 1. The van der Waals surface area contributed by atoms with Crippen LogP contribution >= 0.6 is 0 Å². The van der Waals surface area contributed by atoms with Crippen LogP contribution in [0.3, 0.4) is 0 Å². The molecule has 0 aromatic carbocycles. The van der Waals surface area contributed by atoms with Crippen LogP contribution in [0.4, 0.5) is 17.2 Å². The third-order valence-electron chi connectivity index (χ3n) is 7.11. The summed E-state index contributed by atoms with van der Waals surface area (Å²) in [6, 6.07) is 4.80. The highest BCUT2D eigenvalue weighted by Gasteiger charge is 2.29. The van der Waals surface area contributed by atoms with Crippen molar-refractivity contribution >= 4 is 17.2 Å². The number of rotatable bonds is 5. The fraction of sp³-hybridized carbons (Fsp3) is 0.480. The molecule has 11 nitrogen and oxygen atoms in total. The summed E-state index contributed by atoms with van der Waals surface area (Å²) in [6.07, 6.45) is 11.8. The van der Waals surface area contributed by atoms with E-state index >= 15 is 0 Å². The van der Waals surface area contributed by atoms with Gasteiger partial charge in [0, 0.05) is 18.3 Å². The van der Waals surface area contributed by atoms with Crippen molar-refractivity contribution in [3.8, 4) is 11.7 Å². The van der Waals surface area contributed by atoms with E-state index in [4.69, 9.17) is 6.57 Å². The normalized spacial score (nSPS) is 17.4. The average molecular weight is 489 g/mol. The predicted octanol–water partition coefficient (Wildman–Crippen LogP) is 5.27. The van der Waals surface area contributed by atoms with Gasteiger partial charge in [-0.05, 0) is 37.8 Å². The van der Waals surface area contributed by atoms with E-state index in [1.807, 2.05) is 0 Å². The monoisotopic (exact) mass is 488 g/mol. The van der Waals surface area contributed by atoms with Crippen LogP contribution in [0.5, 0.6) is 5.88 Å². The number of hydrogen-bond acceptors (Lipinski definition) is 7. The molecule has 186 valence electrons. The van der Waals surface area contributed by atoms with Crippen molar-refractivity contribution in [1.82, 2.24) is 23.9 Å². The van der Waals surface area contributed by atoms with Gasteiger partial charge in [0.05, 0.1) is 12.8 Å². The molecule has 2 aliphatic rings. The van der Waals surface area contributed by atoms with E-state index in [1.54, 1.807) is 24.4 Å². The first kappa shape index (κ1) is 23.7. The lowest BCUT2D eigenvalue weighted by Gasteiger charge is -2.28. The molecule has 2 aliphatic carbocycles. The summed E-state index contributed by atoms with van der Waals surface area (Å²) in [6.45, 7) is 7.48. The molecule has 0 spiro atoms. The van der Waals surface area contributed by atoms with Crippen LogP contribution in [-0.2, 0) is 0 Å². The summed E-state index contributed by atoms with van der Waals surface area (Å²) in [5, 5.41) is 23.7. The fourth-order valence-electron chi connectivity index (χ4n) is 5.28. The molecular weight excluding hydrogens is 460 g/mol. The zero-order valence-corrected chi connectivity index (χ0v) is 20.0. The molecule has 0 amide bonds. The molecule has 2 saturated carbocycles. The zero-order valence-electron chi connectivity index (χ0n) is 20.0. The van der Waals surface area contributed by atoms with Crippen LogP contribution in [0.1, 0.15) is 76.3 Å². The van der Waals surface area contributed by atoms with E-state index in [1.165, 1.54) is 20.0 Å². The molecular formula is C25H28N8O3. The van der Waals surface area contributed by atoms with Crippen molar-refractivity contribution in [3.05, 3.63) is 62.8 Å². The SMILES string of the molecule is [C-]#[N+]c1cnn(-c2ccccn2)c1N=Nc1c(O)n(C2CCCCC2)c(=O)n(C2CCCCC2)c1=O. The molecule has 0 aliphatic heterocycles. The Hall–Kier alpha value is -4.07. The molecule has 3 aromatic heterocycles. The Balaban J connectivity index is 1.66. The zero-order chi connectivity index (χ0) is 25.1. The molecule has 0 radical (unpaired) electrons. The van der Waals surface area contributed by atoms with Crippen LogP contribution in [0, 0.1) is 6.57 Å². The topological polar surface area (TPSA) is 124 Å². The molecule has 0 saturated heterocycles. The van der Waals surface area contributed by atoms with Crippen molar-refractivity contribution in [2.45, 2.75) is 76.3 Å². The van der Waals surface area contributed by atoms with Crippen LogP contribution in [-0.4, -0.2) is 29.0 Å². The van der Waals surface area contributed by atoms with E-state index in [2.05, 4.69) is 25.2 Å². The molecule has 11 heteroatoms. The first-order valence-corrected chi connectivity index (χ1v) is 12.5. The Bertz CT molecular complexity index is 1420. The van der Waals surface area contributed by atoms with E-state index in [0.717, 1.165) is 64.2 Å². The number of nitrogens with zero attached hydrogens (tertiary/aromatic N) is 8. The van der Waals surface area contributed by atoms with Crippen LogP contribution in [0.25, 0.3) is 10.7 Å². The second-order valence-electron chi connectivity index (χ2n) is 9.35. The summed E-state index contributed by atoms with van der Waals surface area (Å²) in [5.74, 6) is 0.0421. The van der Waals surface area contributed by atoms with Crippen LogP contribution in [0.2, 0.25) is 0 Å². The fourth-order valence-corrected chi connectivity index (χ4v) is 5.28. The molecule has 36 heavy (non-hydrogen) atoms. The van der Waals surface area contributed by atoms with Gasteiger partial charge in [0.1, 0.15) is 0 Å². The van der Waals surface area contributed by atoms with Gasteiger partial charge >= 0.3 is 5.69 Å². The highest BCUT2D eigenvalue weighted by Crippen LogP contribution is 2.36. The smallest absolute Gasteiger partial charge is 0.334 e. The molecule has 1 N–H and O–H groups in total. The van der Waals surface area contributed by atoms with Crippen molar-refractivity contribution < 1.29 is 5.11 Å². The Morgan fingerprint density at radius 1 is 0.944 bits per heavy atom. The summed E-state index contributed by atoms with van der Waals surface area (Å²) in [5.41, 5.74) is -1.31. The summed E-state index contributed by atoms with van der Waals surface area (Å²) in [7, 11) is 0. The number of pyridine rings is 1. The first-order valence-electron chi connectivity index (χ1n) is 12.5. The maximum atomic E-state index is 13.6. The second kappa shape index (κ2) is 10.3. The van der Waals surface area contributed by atoms with Gasteiger partial charge in [0.2, 0.25) is 11.6 Å². The third kappa shape index (κ3) is 4.34. The molecule has 0 unspecified atom stereocenters. The average Bonchev–Trinajstić information content (AvgIpc) is 3.33. The minimum absolute atomic E-state index is 0.0853. The standard InChI is InChI=1S/C25H28N8O3/c1-26-19-16-28-33(20-14-8-9-15-27-20)22(19)30-29-21-23(34)31(17-10-4-2-5-11-17)25(36)32(24(21)35)18-12-6-3-7-13-18/h8-9,14-18,34H,2-7,10-13H2. The Morgan fingerprint density at radius 2 is 1.61 bits per heavy atom. The maximum Gasteiger partial charge on any atom is 0.334 e. The second-order valence-corrected chi connectivity index (χ2v) is 9.35. The molecule has 5 rings (SSSR count). The lowest BCUT2D eigenvalue weighted by atomic mass is 9.94. The quantitative estimate of drug-likeness (QED) is 0.387. The molecule has 3 aromatic rings. The van der Waals surface area contributed by atoms with Crippen LogP contribution in [0.15, 0.2) is 50.4 Å². The Morgan fingerprint density at radius 3 is 2.22 bits per heavy atom. The lowest BCUT2D eigenvalue weighted by Crippen LogP contribution is -2.43. The minimum atomic E-state index is -0.659. The van der Waals surface area contributed by atoms with E-state index in [9.17, 15) is 14.7 Å². The van der Waals surface area contributed by atoms with E-state index in [-0.39, 0.29) is 29.3 Å². The van der Waals surface area contributed by atoms with Gasteiger partial charge in [-0.3, -0.25) is 13.9 Å². The molecule has 0 atom stereocenters.